The van der Waals surface area contributed by atoms with E-state index >= 15 is 0 Å². The number of hydrogen-bond acceptors (Lipinski definition) is 4. The van der Waals surface area contributed by atoms with Crippen LogP contribution in [0.1, 0.15) is 23.2 Å². The largest absolute Gasteiger partial charge is 0.455 e. The van der Waals surface area contributed by atoms with Gasteiger partial charge in [0.2, 0.25) is 5.91 Å². The van der Waals surface area contributed by atoms with Crippen molar-refractivity contribution in [1.82, 2.24) is 10.2 Å². The molecule has 1 unspecified atom stereocenters. The van der Waals surface area contributed by atoms with E-state index < -0.39 is 0 Å². The minimum atomic E-state index is -0.270. The molecule has 18 heavy (non-hydrogen) atoms. The van der Waals surface area contributed by atoms with Crippen LogP contribution in [0.4, 0.5) is 0 Å². The molecule has 1 aromatic heterocycles. The quantitative estimate of drug-likeness (QED) is 0.784. The van der Waals surface area contributed by atoms with E-state index in [9.17, 15) is 9.59 Å². The third kappa shape index (κ3) is 3.33. The number of hydrogen-bond donors (Lipinski definition) is 2. The molecule has 6 nitrogen and oxygen atoms in total. The van der Waals surface area contributed by atoms with E-state index in [-0.39, 0.29) is 30.0 Å². The minimum Gasteiger partial charge on any atom is -0.455 e. The number of nitrogens with two attached hydrogens (primary N) is 1. The Labute approximate surface area is 106 Å². The van der Waals surface area contributed by atoms with Gasteiger partial charge in [-0.3, -0.25) is 9.59 Å². The molecule has 0 aliphatic carbocycles. The molecular weight excluding hydrogens is 234 g/mol. The van der Waals surface area contributed by atoms with Crippen LogP contribution in [0.15, 0.2) is 16.5 Å². The molecule has 2 amide bonds. The maximum Gasteiger partial charge on any atom is 0.289 e. The summed E-state index contributed by atoms with van der Waals surface area (Å²) in [4.78, 5) is 24.8. The highest BCUT2D eigenvalue weighted by molar-refractivity contribution is 5.91. The summed E-state index contributed by atoms with van der Waals surface area (Å²) >= 11 is 0. The third-order valence-corrected chi connectivity index (χ3v) is 2.66. The van der Waals surface area contributed by atoms with Crippen LogP contribution in [0.25, 0.3) is 0 Å². The van der Waals surface area contributed by atoms with Crippen LogP contribution in [0.3, 0.4) is 0 Å². The summed E-state index contributed by atoms with van der Waals surface area (Å²) in [6.45, 7) is 2.35. The fourth-order valence-electron chi connectivity index (χ4n) is 1.61. The van der Waals surface area contributed by atoms with Gasteiger partial charge in [-0.1, -0.05) is 6.92 Å². The van der Waals surface area contributed by atoms with Gasteiger partial charge < -0.3 is 20.4 Å². The van der Waals surface area contributed by atoms with Gasteiger partial charge in [0.25, 0.3) is 5.91 Å². The first-order valence-corrected chi connectivity index (χ1v) is 5.75. The molecule has 0 fully saturated rings. The van der Waals surface area contributed by atoms with Gasteiger partial charge in [0.05, 0.1) is 12.5 Å². The van der Waals surface area contributed by atoms with Crippen molar-refractivity contribution in [2.45, 2.75) is 13.5 Å². The van der Waals surface area contributed by atoms with Crippen LogP contribution >= 0.6 is 0 Å². The molecule has 0 spiro atoms. The van der Waals surface area contributed by atoms with Crippen molar-refractivity contribution in [2.75, 3.05) is 20.6 Å². The Morgan fingerprint density at radius 3 is 2.67 bits per heavy atom. The van der Waals surface area contributed by atoms with E-state index in [4.69, 9.17) is 10.2 Å². The molecule has 0 saturated carbocycles. The zero-order valence-corrected chi connectivity index (χ0v) is 10.9. The van der Waals surface area contributed by atoms with E-state index in [0.717, 1.165) is 0 Å². The molecule has 0 saturated heterocycles. The molecule has 1 heterocycles. The predicted molar refractivity (Wildman–Crippen MR) is 66.8 cm³/mol. The second-order valence-corrected chi connectivity index (χ2v) is 4.17. The fraction of sp³-hybridized carbons (Fsp3) is 0.500. The van der Waals surface area contributed by atoms with Crippen molar-refractivity contribution in [3.05, 3.63) is 23.7 Å². The highest BCUT2D eigenvalue weighted by atomic mass is 16.4. The maximum atomic E-state index is 12.0. The van der Waals surface area contributed by atoms with Crippen molar-refractivity contribution < 1.29 is 14.0 Å². The third-order valence-electron chi connectivity index (χ3n) is 2.66. The smallest absolute Gasteiger partial charge is 0.289 e. The van der Waals surface area contributed by atoms with E-state index in [1.54, 1.807) is 33.2 Å². The summed E-state index contributed by atoms with van der Waals surface area (Å²) in [7, 11) is 3.20. The minimum absolute atomic E-state index is 0.100. The summed E-state index contributed by atoms with van der Waals surface area (Å²) in [6.07, 6.45) is 0. The van der Waals surface area contributed by atoms with Crippen LogP contribution in [0.2, 0.25) is 0 Å². The molecule has 0 aliphatic heterocycles. The Morgan fingerprint density at radius 1 is 1.50 bits per heavy atom. The lowest BCUT2D eigenvalue weighted by Gasteiger charge is -2.19. The van der Waals surface area contributed by atoms with Gasteiger partial charge in [0.1, 0.15) is 5.76 Å². The Hall–Kier alpha value is -1.82. The molecular formula is C12H19N3O3. The van der Waals surface area contributed by atoms with Crippen LogP contribution in [-0.4, -0.2) is 37.4 Å². The Balaban J connectivity index is 2.63. The molecule has 1 aromatic rings. The SMILES string of the molecule is CNC(=O)C(C)CN(C)C(=O)c1ccc(CN)o1. The van der Waals surface area contributed by atoms with E-state index in [2.05, 4.69) is 5.32 Å². The predicted octanol–water partition coefficient (Wildman–Crippen LogP) is 0.192. The molecule has 1 rings (SSSR count). The number of carbonyl (C=O) groups excluding carboxylic acids is 2. The normalized spacial score (nSPS) is 12.0. The van der Waals surface area contributed by atoms with E-state index in [1.165, 1.54) is 4.90 Å². The monoisotopic (exact) mass is 253 g/mol. The van der Waals surface area contributed by atoms with Crippen molar-refractivity contribution in [2.24, 2.45) is 11.7 Å². The standard InChI is InChI=1S/C12H19N3O3/c1-8(11(16)14-2)7-15(3)12(17)10-5-4-9(6-13)18-10/h4-5,8H,6-7,13H2,1-3H3,(H,14,16). The molecule has 1 atom stereocenters. The number of rotatable bonds is 5. The number of amides is 2. The summed E-state index contributed by atoms with van der Waals surface area (Å²) in [5, 5.41) is 2.55. The molecule has 3 N–H and O–H groups in total. The summed E-state index contributed by atoms with van der Waals surface area (Å²) in [5.74, 6) is 0.170. The highest BCUT2D eigenvalue weighted by Gasteiger charge is 2.20. The number of carbonyl (C=O) groups is 2. The van der Waals surface area contributed by atoms with Gasteiger partial charge >= 0.3 is 0 Å². The Kier molecular flexibility index (Phi) is 4.91. The van der Waals surface area contributed by atoms with Gasteiger partial charge in [-0.05, 0) is 12.1 Å². The first-order chi connectivity index (χ1) is 8.49. The maximum absolute atomic E-state index is 12.0. The van der Waals surface area contributed by atoms with Crippen LogP contribution in [0, 0.1) is 5.92 Å². The lowest BCUT2D eigenvalue weighted by molar-refractivity contribution is -0.124. The molecule has 0 aliphatic rings. The molecule has 0 aromatic carbocycles. The zero-order chi connectivity index (χ0) is 13.7. The number of nitrogens with one attached hydrogen (secondary N) is 1. The molecule has 0 radical (unpaired) electrons. The fourth-order valence-corrected chi connectivity index (χ4v) is 1.61. The van der Waals surface area contributed by atoms with Crippen molar-refractivity contribution in [1.29, 1.82) is 0 Å². The van der Waals surface area contributed by atoms with Gasteiger partial charge in [-0.15, -0.1) is 0 Å². The van der Waals surface area contributed by atoms with Gasteiger partial charge in [-0.25, -0.2) is 0 Å². The highest BCUT2D eigenvalue weighted by Crippen LogP contribution is 2.10. The summed E-state index contributed by atoms with van der Waals surface area (Å²) < 4.78 is 5.27. The topological polar surface area (TPSA) is 88.6 Å². The van der Waals surface area contributed by atoms with Gasteiger partial charge in [0.15, 0.2) is 5.76 Å². The molecule has 100 valence electrons. The van der Waals surface area contributed by atoms with E-state index in [0.29, 0.717) is 12.3 Å². The van der Waals surface area contributed by atoms with Crippen molar-refractivity contribution in [3.8, 4) is 0 Å². The summed E-state index contributed by atoms with van der Waals surface area (Å²) in [5.41, 5.74) is 5.41. The number of furan rings is 1. The van der Waals surface area contributed by atoms with Gasteiger partial charge in [-0.2, -0.15) is 0 Å². The Morgan fingerprint density at radius 2 is 2.17 bits per heavy atom. The second kappa shape index (κ2) is 6.20. The Bertz CT molecular complexity index is 428. The molecule has 6 heteroatoms. The lowest BCUT2D eigenvalue weighted by atomic mass is 10.1. The zero-order valence-electron chi connectivity index (χ0n) is 10.9. The lowest BCUT2D eigenvalue weighted by Crippen LogP contribution is -2.37. The van der Waals surface area contributed by atoms with Crippen LogP contribution in [0.5, 0.6) is 0 Å². The first-order valence-electron chi connectivity index (χ1n) is 5.75. The average Bonchev–Trinajstić information content (AvgIpc) is 2.85. The average molecular weight is 253 g/mol. The van der Waals surface area contributed by atoms with E-state index in [1.807, 2.05) is 0 Å². The van der Waals surface area contributed by atoms with Crippen LogP contribution < -0.4 is 11.1 Å². The van der Waals surface area contributed by atoms with Crippen molar-refractivity contribution in [3.63, 3.8) is 0 Å². The van der Waals surface area contributed by atoms with Gasteiger partial charge in [0, 0.05) is 20.6 Å². The van der Waals surface area contributed by atoms with Crippen LogP contribution in [-0.2, 0) is 11.3 Å². The second-order valence-electron chi connectivity index (χ2n) is 4.17. The summed E-state index contributed by atoms with van der Waals surface area (Å²) in [6, 6.07) is 3.26. The first kappa shape index (κ1) is 14.2. The molecule has 0 bridgehead atoms. The van der Waals surface area contributed by atoms with Crippen molar-refractivity contribution >= 4 is 11.8 Å². The number of nitrogens with zero attached hydrogens (tertiary/aromatic N) is 1.